The van der Waals surface area contributed by atoms with E-state index in [1.165, 1.54) is 19.1 Å². The van der Waals surface area contributed by atoms with E-state index in [1.807, 2.05) is 4.90 Å². The van der Waals surface area contributed by atoms with Crippen LogP contribution in [0.15, 0.2) is 23.4 Å². The first kappa shape index (κ1) is 23.6. The van der Waals surface area contributed by atoms with Gasteiger partial charge in [0, 0.05) is 51.9 Å². The lowest BCUT2D eigenvalue weighted by Crippen LogP contribution is -2.47. The third-order valence-corrected chi connectivity index (χ3v) is 6.50. The standard InChI is InChI=1S/C22H33F3N4O2/c1-17(30)26-16-21(31)29-9-6-18(7-10-29)5-8-27-11-13-28(14-12-27)20-4-2-3-19(15-20)22(23,24)25/h3,15,18H,2,4-14,16H2,1H3,(H,26,30). The molecule has 1 N–H and O–H groups in total. The Morgan fingerprint density at radius 2 is 1.77 bits per heavy atom. The Kier molecular flexibility index (Phi) is 8.02. The summed E-state index contributed by atoms with van der Waals surface area (Å²) < 4.78 is 38.9. The quantitative estimate of drug-likeness (QED) is 0.687. The maximum atomic E-state index is 13.0. The van der Waals surface area contributed by atoms with Crippen LogP contribution in [0.4, 0.5) is 13.2 Å². The molecule has 0 unspecified atom stereocenters. The number of allylic oxidation sites excluding steroid dienone is 4. The van der Waals surface area contributed by atoms with Gasteiger partial charge in [0.1, 0.15) is 0 Å². The molecule has 2 heterocycles. The zero-order chi connectivity index (χ0) is 22.4. The van der Waals surface area contributed by atoms with Crippen LogP contribution in [0.2, 0.25) is 0 Å². The van der Waals surface area contributed by atoms with E-state index in [4.69, 9.17) is 0 Å². The molecule has 31 heavy (non-hydrogen) atoms. The molecular weight excluding hydrogens is 409 g/mol. The fourth-order valence-electron chi connectivity index (χ4n) is 4.54. The lowest BCUT2D eigenvalue weighted by Gasteiger charge is -2.39. The van der Waals surface area contributed by atoms with Crippen LogP contribution in [-0.2, 0) is 9.59 Å². The molecule has 6 nitrogen and oxygen atoms in total. The summed E-state index contributed by atoms with van der Waals surface area (Å²) >= 11 is 0. The summed E-state index contributed by atoms with van der Waals surface area (Å²) in [7, 11) is 0. The SMILES string of the molecule is CC(=O)NCC(=O)N1CCC(CCN2CCN(C3=CC(C(F)(F)F)=CCC3)CC2)CC1. The van der Waals surface area contributed by atoms with Crippen molar-refractivity contribution in [1.29, 1.82) is 0 Å². The summed E-state index contributed by atoms with van der Waals surface area (Å²) in [6.07, 6.45) is 2.51. The van der Waals surface area contributed by atoms with Crippen molar-refractivity contribution in [2.24, 2.45) is 5.92 Å². The third-order valence-electron chi connectivity index (χ3n) is 6.50. The molecule has 2 aliphatic heterocycles. The minimum Gasteiger partial charge on any atom is -0.372 e. The molecule has 3 aliphatic rings. The molecule has 3 rings (SSSR count). The smallest absolute Gasteiger partial charge is 0.372 e. The molecule has 0 bridgehead atoms. The molecule has 0 spiro atoms. The van der Waals surface area contributed by atoms with Gasteiger partial charge in [0.25, 0.3) is 0 Å². The highest BCUT2D eigenvalue weighted by Crippen LogP contribution is 2.33. The normalized spacial score (nSPS) is 21.5. The van der Waals surface area contributed by atoms with Gasteiger partial charge in [-0.05, 0) is 50.6 Å². The third kappa shape index (κ3) is 6.98. The second-order valence-corrected chi connectivity index (χ2v) is 8.68. The minimum absolute atomic E-state index is 0.0229. The molecule has 2 saturated heterocycles. The number of amides is 2. The van der Waals surface area contributed by atoms with E-state index in [0.29, 0.717) is 18.8 Å². The molecule has 9 heteroatoms. The first-order valence-electron chi connectivity index (χ1n) is 11.2. The first-order valence-corrected chi connectivity index (χ1v) is 11.2. The van der Waals surface area contributed by atoms with Crippen LogP contribution in [-0.4, -0.2) is 85.0 Å². The molecule has 0 atom stereocenters. The van der Waals surface area contributed by atoms with Crippen molar-refractivity contribution in [2.75, 3.05) is 52.4 Å². The van der Waals surface area contributed by atoms with Crippen LogP contribution < -0.4 is 5.32 Å². The van der Waals surface area contributed by atoms with Gasteiger partial charge in [0.05, 0.1) is 12.1 Å². The Bertz CT molecular complexity index is 704. The van der Waals surface area contributed by atoms with E-state index in [9.17, 15) is 22.8 Å². The molecule has 0 aromatic carbocycles. The maximum Gasteiger partial charge on any atom is 0.416 e. The van der Waals surface area contributed by atoms with Crippen molar-refractivity contribution in [3.05, 3.63) is 23.4 Å². The number of hydrogen-bond acceptors (Lipinski definition) is 4. The second-order valence-electron chi connectivity index (χ2n) is 8.68. The Morgan fingerprint density at radius 3 is 2.39 bits per heavy atom. The predicted molar refractivity (Wildman–Crippen MR) is 112 cm³/mol. The Hall–Kier alpha value is -2.03. The van der Waals surface area contributed by atoms with Gasteiger partial charge in [0.2, 0.25) is 11.8 Å². The average molecular weight is 443 g/mol. The van der Waals surface area contributed by atoms with Crippen LogP contribution >= 0.6 is 0 Å². The van der Waals surface area contributed by atoms with Crippen molar-refractivity contribution >= 4 is 11.8 Å². The highest BCUT2D eigenvalue weighted by molar-refractivity contribution is 5.83. The molecule has 1 aliphatic carbocycles. The number of likely N-dealkylation sites (tertiary alicyclic amines) is 1. The largest absolute Gasteiger partial charge is 0.416 e. The monoisotopic (exact) mass is 442 g/mol. The summed E-state index contributed by atoms with van der Waals surface area (Å²) in [5.41, 5.74) is 0.295. The molecule has 0 aromatic rings. The number of halogens is 3. The number of rotatable bonds is 6. The number of carbonyl (C=O) groups excluding carboxylic acids is 2. The van der Waals surface area contributed by atoms with E-state index >= 15 is 0 Å². The zero-order valence-corrected chi connectivity index (χ0v) is 18.2. The number of hydrogen-bond donors (Lipinski definition) is 1. The van der Waals surface area contributed by atoms with Gasteiger partial charge in [-0.15, -0.1) is 0 Å². The van der Waals surface area contributed by atoms with Crippen molar-refractivity contribution in [1.82, 2.24) is 20.0 Å². The van der Waals surface area contributed by atoms with Gasteiger partial charge in [-0.3, -0.25) is 14.5 Å². The molecular formula is C22H33F3N4O2. The minimum atomic E-state index is -4.27. The maximum absolute atomic E-state index is 13.0. The molecule has 2 fully saturated rings. The first-order chi connectivity index (χ1) is 14.7. The highest BCUT2D eigenvalue weighted by Gasteiger charge is 2.34. The van der Waals surface area contributed by atoms with Gasteiger partial charge in [0.15, 0.2) is 0 Å². The summed E-state index contributed by atoms with van der Waals surface area (Å²) in [5.74, 6) is 0.370. The number of nitrogens with zero attached hydrogens (tertiary/aromatic N) is 3. The Labute approximate surface area is 182 Å². The summed E-state index contributed by atoms with van der Waals surface area (Å²) in [5, 5.41) is 2.56. The average Bonchev–Trinajstić information content (AvgIpc) is 2.76. The number of alkyl halides is 3. The van der Waals surface area contributed by atoms with Crippen LogP contribution in [0.25, 0.3) is 0 Å². The van der Waals surface area contributed by atoms with Crippen molar-refractivity contribution in [3.63, 3.8) is 0 Å². The van der Waals surface area contributed by atoms with E-state index < -0.39 is 11.7 Å². The fraction of sp³-hybridized carbons (Fsp3) is 0.727. The summed E-state index contributed by atoms with van der Waals surface area (Å²) in [6.45, 7) is 7.22. The van der Waals surface area contributed by atoms with E-state index in [2.05, 4.69) is 15.1 Å². The molecule has 0 radical (unpaired) electrons. The fourth-order valence-corrected chi connectivity index (χ4v) is 4.54. The van der Waals surface area contributed by atoms with Gasteiger partial charge in [-0.25, -0.2) is 0 Å². The Balaban J connectivity index is 1.35. The van der Waals surface area contributed by atoms with E-state index in [0.717, 1.165) is 70.8 Å². The van der Waals surface area contributed by atoms with Gasteiger partial charge in [-0.1, -0.05) is 6.08 Å². The van der Waals surface area contributed by atoms with Crippen LogP contribution in [0.5, 0.6) is 0 Å². The lowest BCUT2D eigenvalue weighted by molar-refractivity contribution is -0.133. The molecule has 0 aromatic heterocycles. The number of piperidine rings is 1. The number of nitrogens with one attached hydrogen (secondary N) is 1. The van der Waals surface area contributed by atoms with E-state index in [1.54, 1.807) is 0 Å². The van der Waals surface area contributed by atoms with Crippen molar-refractivity contribution in [3.8, 4) is 0 Å². The van der Waals surface area contributed by atoms with Gasteiger partial charge in [-0.2, -0.15) is 13.2 Å². The Morgan fingerprint density at radius 1 is 1.10 bits per heavy atom. The van der Waals surface area contributed by atoms with Gasteiger partial charge < -0.3 is 15.1 Å². The van der Waals surface area contributed by atoms with E-state index in [-0.39, 0.29) is 18.4 Å². The molecule has 174 valence electrons. The van der Waals surface area contributed by atoms with Gasteiger partial charge >= 0.3 is 6.18 Å². The topological polar surface area (TPSA) is 55.9 Å². The molecule has 0 saturated carbocycles. The van der Waals surface area contributed by atoms with Crippen LogP contribution in [0, 0.1) is 5.92 Å². The number of carbonyl (C=O) groups is 2. The highest BCUT2D eigenvalue weighted by atomic mass is 19.4. The predicted octanol–water partition coefficient (Wildman–Crippen LogP) is 2.54. The van der Waals surface area contributed by atoms with Crippen molar-refractivity contribution in [2.45, 2.75) is 45.2 Å². The number of piperazine rings is 1. The zero-order valence-electron chi connectivity index (χ0n) is 18.2. The summed E-state index contributed by atoms with van der Waals surface area (Å²) in [4.78, 5) is 29.4. The molecule has 2 amide bonds. The second kappa shape index (κ2) is 10.5. The van der Waals surface area contributed by atoms with Crippen LogP contribution in [0.3, 0.4) is 0 Å². The van der Waals surface area contributed by atoms with Crippen LogP contribution in [0.1, 0.15) is 39.0 Å². The summed E-state index contributed by atoms with van der Waals surface area (Å²) in [6, 6.07) is 0. The van der Waals surface area contributed by atoms with Crippen molar-refractivity contribution < 1.29 is 22.8 Å². The lowest BCUT2D eigenvalue weighted by atomic mass is 9.93.